The Balaban J connectivity index is 1.66. The zero-order chi connectivity index (χ0) is 16.1. The van der Waals surface area contributed by atoms with Gasteiger partial charge in [-0.25, -0.2) is 0 Å². The molecule has 4 heteroatoms. The Bertz CT molecular complexity index is 666. The number of anilines is 1. The highest BCUT2D eigenvalue weighted by molar-refractivity contribution is 7.98. The molecule has 0 radical (unpaired) electrons. The normalized spacial score (nSPS) is 14.7. The molecule has 3 nitrogen and oxygen atoms in total. The molecule has 3 rings (SSSR count). The lowest BCUT2D eigenvalue weighted by Crippen LogP contribution is -2.35. The van der Waals surface area contributed by atoms with Crippen LogP contribution in [0.4, 0.5) is 5.69 Å². The molecule has 0 atom stereocenters. The van der Waals surface area contributed by atoms with Crippen molar-refractivity contribution in [2.45, 2.75) is 29.9 Å². The predicted molar refractivity (Wildman–Crippen MR) is 96.6 cm³/mol. The van der Waals surface area contributed by atoms with Crippen LogP contribution in [0.25, 0.3) is 0 Å². The van der Waals surface area contributed by atoms with Gasteiger partial charge in [0, 0.05) is 29.4 Å². The van der Waals surface area contributed by atoms with Crippen LogP contribution in [0, 0.1) is 0 Å². The second-order valence-corrected chi connectivity index (χ2v) is 6.92. The average Bonchev–Trinajstić information content (AvgIpc) is 2.61. The number of thioether (sulfide) groups is 1. The fourth-order valence-corrected chi connectivity index (χ4v) is 3.73. The molecule has 1 aliphatic heterocycles. The number of nitrogens with two attached hydrogens (primary N) is 1. The maximum absolute atomic E-state index is 12.6. The zero-order valence-electron chi connectivity index (χ0n) is 13.2. The molecule has 2 aromatic carbocycles. The summed E-state index contributed by atoms with van der Waals surface area (Å²) in [5, 5.41) is 0. The van der Waals surface area contributed by atoms with Gasteiger partial charge < -0.3 is 10.6 Å². The topological polar surface area (TPSA) is 46.3 Å². The number of hydrogen-bond donors (Lipinski definition) is 1. The van der Waals surface area contributed by atoms with Gasteiger partial charge in [-0.2, -0.15) is 0 Å². The maximum atomic E-state index is 12.6. The Morgan fingerprint density at radius 3 is 2.48 bits per heavy atom. The maximum Gasteiger partial charge on any atom is 0.255 e. The van der Waals surface area contributed by atoms with Crippen LogP contribution in [0.5, 0.6) is 0 Å². The quantitative estimate of drug-likeness (QED) is 0.677. The van der Waals surface area contributed by atoms with Gasteiger partial charge in [-0.15, -0.1) is 11.8 Å². The first-order chi connectivity index (χ1) is 11.2. The van der Waals surface area contributed by atoms with Gasteiger partial charge in [0.05, 0.1) is 5.56 Å². The van der Waals surface area contributed by atoms with Crippen LogP contribution < -0.4 is 5.73 Å². The first-order valence-corrected chi connectivity index (χ1v) is 9.08. The number of nitrogen functional groups attached to an aromatic ring is 1. The third kappa shape index (κ3) is 4.08. The van der Waals surface area contributed by atoms with Crippen LogP contribution in [0.3, 0.4) is 0 Å². The summed E-state index contributed by atoms with van der Waals surface area (Å²) in [5.41, 5.74) is 8.64. The number of benzene rings is 2. The fraction of sp³-hybridized carbons (Fsp3) is 0.316. The lowest BCUT2D eigenvalue weighted by Gasteiger charge is -2.27. The van der Waals surface area contributed by atoms with Gasteiger partial charge in [-0.05, 0) is 43.0 Å². The van der Waals surface area contributed by atoms with Gasteiger partial charge in [-0.3, -0.25) is 4.79 Å². The van der Waals surface area contributed by atoms with Crippen molar-refractivity contribution in [3.63, 3.8) is 0 Å². The molecule has 120 valence electrons. The second-order valence-electron chi connectivity index (χ2n) is 5.88. The van der Waals surface area contributed by atoms with Crippen LogP contribution in [0.15, 0.2) is 53.4 Å². The van der Waals surface area contributed by atoms with E-state index in [1.165, 1.54) is 12.0 Å². The smallest absolute Gasteiger partial charge is 0.255 e. The molecular weight excluding hydrogens is 304 g/mol. The number of hydrogen-bond acceptors (Lipinski definition) is 3. The van der Waals surface area contributed by atoms with Crippen molar-refractivity contribution in [3.05, 3.63) is 59.7 Å². The highest BCUT2D eigenvalue weighted by Gasteiger charge is 2.20. The van der Waals surface area contributed by atoms with Crippen molar-refractivity contribution < 1.29 is 4.79 Å². The molecule has 1 heterocycles. The van der Waals surface area contributed by atoms with E-state index in [1.54, 1.807) is 11.8 Å². The summed E-state index contributed by atoms with van der Waals surface area (Å²) >= 11 is 1.74. The standard InChI is InChI=1S/C19H22N2OS/c20-18-13-16(23-14-15-7-3-1-4-8-15)9-10-17(18)19(22)21-11-5-2-6-12-21/h1,3-4,7-10,13H,2,5-6,11-12,14,20H2. The SMILES string of the molecule is Nc1cc(SCc2ccccc2)ccc1C(=O)N1CCCCC1. The minimum absolute atomic E-state index is 0.0711. The van der Waals surface area contributed by atoms with Crippen molar-refractivity contribution in [1.82, 2.24) is 4.90 Å². The Labute approximate surface area is 141 Å². The molecule has 0 aliphatic carbocycles. The monoisotopic (exact) mass is 326 g/mol. The Morgan fingerprint density at radius 1 is 1.04 bits per heavy atom. The highest BCUT2D eigenvalue weighted by atomic mass is 32.2. The van der Waals surface area contributed by atoms with E-state index < -0.39 is 0 Å². The largest absolute Gasteiger partial charge is 0.398 e. The number of rotatable bonds is 4. The Hall–Kier alpha value is -1.94. The molecule has 0 spiro atoms. The summed E-state index contributed by atoms with van der Waals surface area (Å²) in [6, 6.07) is 16.1. The Kier molecular flexibility index (Phi) is 5.23. The summed E-state index contributed by atoms with van der Waals surface area (Å²) in [4.78, 5) is 15.6. The number of piperidine rings is 1. The van der Waals surface area contributed by atoms with E-state index in [1.807, 2.05) is 41.3 Å². The van der Waals surface area contributed by atoms with Crippen LogP contribution >= 0.6 is 11.8 Å². The number of carbonyl (C=O) groups excluding carboxylic acids is 1. The van der Waals surface area contributed by atoms with Crippen LogP contribution in [0.1, 0.15) is 35.2 Å². The van der Waals surface area contributed by atoms with Crippen molar-refractivity contribution in [2.75, 3.05) is 18.8 Å². The van der Waals surface area contributed by atoms with Gasteiger partial charge >= 0.3 is 0 Å². The molecule has 1 aliphatic rings. The van der Waals surface area contributed by atoms with E-state index in [4.69, 9.17) is 5.73 Å². The average molecular weight is 326 g/mol. The second kappa shape index (κ2) is 7.55. The number of amides is 1. The molecule has 0 unspecified atom stereocenters. The lowest BCUT2D eigenvalue weighted by molar-refractivity contribution is 0.0725. The molecule has 1 saturated heterocycles. The van der Waals surface area contributed by atoms with E-state index in [9.17, 15) is 4.79 Å². The molecule has 1 amide bonds. The third-order valence-corrected chi connectivity index (χ3v) is 5.21. The summed E-state index contributed by atoms with van der Waals surface area (Å²) in [5.74, 6) is 0.974. The molecule has 2 N–H and O–H groups in total. The van der Waals surface area contributed by atoms with E-state index in [0.717, 1.165) is 36.6 Å². The lowest BCUT2D eigenvalue weighted by atomic mass is 10.1. The minimum atomic E-state index is 0.0711. The predicted octanol–water partition coefficient (Wildman–Crippen LogP) is 4.19. The first kappa shape index (κ1) is 15.9. The number of likely N-dealkylation sites (tertiary alicyclic amines) is 1. The highest BCUT2D eigenvalue weighted by Crippen LogP contribution is 2.27. The van der Waals surface area contributed by atoms with Crippen LogP contribution in [-0.2, 0) is 5.75 Å². The van der Waals surface area contributed by atoms with Gasteiger partial charge in [0.1, 0.15) is 0 Å². The fourth-order valence-electron chi connectivity index (χ4n) is 2.83. The van der Waals surface area contributed by atoms with E-state index in [-0.39, 0.29) is 5.91 Å². The van der Waals surface area contributed by atoms with Crippen molar-refractivity contribution in [1.29, 1.82) is 0 Å². The van der Waals surface area contributed by atoms with Crippen LogP contribution in [0.2, 0.25) is 0 Å². The molecule has 0 aromatic heterocycles. The van der Waals surface area contributed by atoms with Crippen molar-refractivity contribution in [2.24, 2.45) is 0 Å². The van der Waals surface area contributed by atoms with Gasteiger partial charge in [0.2, 0.25) is 0 Å². The Morgan fingerprint density at radius 2 is 1.78 bits per heavy atom. The third-order valence-electron chi connectivity index (χ3n) is 4.15. The van der Waals surface area contributed by atoms with Crippen LogP contribution in [-0.4, -0.2) is 23.9 Å². The first-order valence-electron chi connectivity index (χ1n) is 8.09. The molecule has 2 aromatic rings. The van der Waals surface area contributed by atoms with Gasteiger partial charge in [-0.1, -0.05) is 30.3 Å². The van der Waals surface area contributed by atoms with Gasteiger partial charge in [0.15, 0.2) is 0 Å². The number of carbonyl (C=O) groups is 1. The number of nitrogens with zero attached hydrogens (tertiary/aromatic N) is 1. The van der Waals surface area contributed by atoms with E-state index >= 15 is 0 Å². The van der Waals surface area contributed by atoms with E-state index in [2.05, 4.69) is 12.1 Å². The molecule has 23 heavy (non-hydrogen) atoms. The molecule has 0 bridgehead atoms. The van der Waals surface area contributed by atoms with Crippen molar-refractivity contribution >= 4 is 23.4 Å². The zero-order valence-corrected chi connectivity index (χ0v) is 14.0. The van der Waals surface area contributed by atoms with Gasteiger partial charge in [0.25, 0.3) is 5.91 Å². The minimum Gasteiger partial charge on any atom is -0.398 e. The van der Waals surface area contributed by atoms with Crippen molar-refractivity contribution in [3.8, 4) is 0 Å². The molecule has 1 fully saturated rings. The molecular formula is C19H22N2OS. The summed E-state index contributed by atoms with van der Waals surface area (Å²) < 4.78 is 0. The molecule has 0 saturated carbocycles. The van der Waals surface area contributed by atoms with E-state index in [0.29, 0.717) is 11.3 Å². The summed E-state index contributed by atoms with van der Waals surface area (Å²) in [7, 11) is 0. The summed E-state index contributed by atoms with van der Waals surface area (Å²) in [6.45, 7) is 1.70. The summed E-state index contributed by atoms with van der Waals surface area (Å²) in [6.07, 6.45) is 3.40.